The third-order valence-electron chi connectivity index (χ3n) is 4.88. The Balaban J connectivity index is 1.39. The van der Waals surface area contributed by atoms with Gasteiger partial charge in [0.05, 0.1) is 22.1 Å². The number of hydrogen-bond acceptors (Lipinski definition) is 6. The number of imidazole rings is 2. The third kappa shape index (κ3) is 3.46. The average molecular weight is 433 g/mol. The molecular formula is C22H20N6S2. The number of fused-ring (bicyclic) bond motifs is 2. The fraction of sp³-hybridized carbons (Fsp3) is 0.182. The van der Waals surface area contributed by atoms with Gasteiger partial charge in [0.25, 0.3) is 0 Å². The topological polar surface area (TPSA) is 61.4 Å². The van der Waals surface area contributed by atoms with Crippen LogP contribution < -0.4 is 0 Å². The molecule has 5 rings (SSSR count). The van der Waals surface area contributed by atoms with Gasteiger partial charge in [0, 0.05) is 13.1 Å². The lowest BCUT2D eigenvalue weighted by Crippen LogP contribution is -1.98. The molecule has 150 valence electrons. The lowest BCUT2D eigenvalue weighted by atomic mass is 10.3. The smallest absolute Gasteiger partial charge is 0.175 e. The molecule has 0 saturated heterocycles. The fourth-order valence-corrected chi connectivity index (χ4v) is 5.25. The number of aromatic nitrogens is 6. The summed E-state index contributed by atoms with van der Waals surface area (Å²) >= 11 is 3.08. The van der Waals surface area contributed by atoms with Crippen molar-refractivity contribution in [3.63, 3.8) is 0 Å². The van der Waals surface area contributed by atoms with Crippen LogP contribution in [0.25, 0.3) is 22.1 Å². The molecule has 30 heavy (non-hydrogen) atoms. The normalized spacial score (nSPS) is 11.5. The lowest BCUT2D eigenvalue weighted by molar-refractivity contribution is 0.699. The SMILES string of the molecule is CCn1c(Sc2ccc(Sc3nc4ccccc4n3CC)nn2)nc2ccccc21. The standard InChI is InChI=1S/C22H20N6S2/c1-3-27-17-11-7-5-9-15(17)23-21(27)29-19-13-14-20(26-25-19)30-22-24-16-10-6-8-12-18(16)28(22)4-2/h5-14H,3-4H2,1-2H3. The molecule has 0 N–H and O–H groups in total. The minimum Gasteiger partial charge on any atom is -0.319 e. The van der Waals surface area contributed by atoms with E-state index >= 15 is 0 Å². The predicted octanol–water partition coefficient (Wildman–Crippen LogP) is 5.52. The minimum atomic E-state index is 0.827. The van der Waals surface area contributed by atoms with Crippen LogP contribution in [0.4, 0.5) is 0 Å². The van der Waals surface area contributed by atoms with Gasteiger partial charge in [0.2, 0.25) is 0 Å². The van der Waals surface area contributed by atoms with E-state index in [4.69, 9.17) is 9.97 Å². The second-order valence-electron chi connectivity index (χ2n) is 6.67. The Morgan fingerprint density at radius 2 is 1.07 bits per heavy atom. The van der Waals surface area contributed by atoms with Gasteiger partial charge in [-0.1, -0.05) is 24.3 Å². The first-order chi connectivity index (χ1) is 14.8. The summed E-state index contributed by atoms with van der Waals surface area (Å²) in [6.07, 6.45) is 0. The van der Waals surface area contributed by atoms with Gasteiger partial charge in [-0.05, 0) is 73.8 Å². The molecule has 0 radical (unpaired) electrons. The molecule has 6 nitrogen and oxygen atoms in total. The first-order valence-electron chi connectivity index (χ1n) is 9.86. The van der Waals surface area contributed by atoms with Crippen LogP contribution >= 0.6 is 23.5 Å². The van der Waals surface area contributed by atoms with Crippen molar-refractivity contribution < 1.29 is 0 Å². The van der Waals surface area contributed by atoms with E-state index in [1.165, 1.54) is 23.5 Å². The summed E-state index contributed by atoms with van der Waals surface area (Å²) in [6, 6.07) is 20.4. The summed E-state index contributed by atoms with van der Waals surface area (Å²) in [5.41, 5.74) is 4.28. The molecule has 0 aliphatic heterocycles. The largest absolute Gasteiger partial charge is 0.319 e. The molecule has 0 spiro atoms. The molecule has 0 saturated carbocycles. The maximum atomic E-state index is 4.76. The molecule has 0 aliphatic rings. The zero-order chi connectivity index (χ0) is 20.5. The summed E-state index contributed by atoms with van der Waals surface area (Å²) in [7, 11) is 0. The number of hydrogen-bond donors (Lipinski definition) is 0. The van der Waals surface area contributed by atoms with Crippen LogP contribution in [-0.4, -0.2) is 29.3 Å². The van der Waals surface area contributed by atoms with Crippen LogP contribution in [0.15, 0.2) is 81.0 Å². The van der Waals surface area contributed by atoms with Crippen LogP contribution in [0.2, 0.25) is 0 Å². The Morgan fingerprint density at radius 1 is 0.633 bits per heavy atom. The van der Waals surface area contributed by atoms with E-state index in [9.17, 15) is 0 Å². The Kier molecular flexibility index (Phi) is 5.18. The molecule has 0 unspecified atom stereocenters. The highest BCUT2D eigenvalue weighted by Crippen LogP contribution is 2.32. The summed E-state index contributed by atoms with van der Waals surface area (Å²) < 4.78 is 4.40. The zero-order valence-electron chi connectivity index (χ0n) is 16.7. The van der Waals surface area contributed by atoms with E-state index in [2.05, 4.69) is 45.3 Å². The molecule has 3 aromatic heterocycles. The number of aryl methyl sites for hydroxylation is 2. The average Bonchev–Trinajstić information content (AvgIpc) is 3.31. The summed E-state index contributed by atoms with van der Waals surface area (Å²) in [5, 5.41) is 12.4. The van der Waals surface area contributed by atoms with Crippen molar-refractivity contribution in [2.24, 2.45) is 0 Å². The predicted molar refractivity (Wildman–Crippen MR) is 121 cm³/mol. The molecule has 0 fully saturated rings. The van der Waals surface area contributed by atoms with E-state index < -0.39 is 0 Å². The third-order valence-corrected chi connectivity index (χ3v) is 6.72. The highest BCUT2D eigenvalue weighted by atomic mass is 32.2. The number of benzene rings is 2. The van der Waals surface area contributed by atoms with Gasteiger partial charge < -0.3 is 9.13 Å². The van der Waals surface area contributed by atoms with Gasteiger partial charge in [-0.2, -0.15) is 0 Å². The van der Waals surface area contributed by atoms with Gasteiger partial charge in [-0.25, -0.2) is 9.97 Å². The number of rotatable bonds is 6. The van der Waals surface area contributed by atoms with Gasteiger partial charge in [0.15, 0.2) is 10.3 Å². The Hall–Kier alpha value is -2.84. The van der Waals surface area contributed by atoms with Crippen molar-refractivity contribution in [1.82, 2.24) is 29.3 Å². The van der Waals surface area contributed by atoms with E-state index in [0.29, 0.717) is 0 Å². The van der Waals surface area contributed by atoms with Crippen LogP contribution in [0.5, 0.6) is 0 Å². The van der Waals surface area contributed by atoms with Crippen LogP contribution in [0, 0.1) is 0 Å². The van der Waals surface area contributed by atoms with Crippen molar-refractivity contribution in [3.05, 3.63) is 60.7 Å². The van der Waals surface area contributed by atoms with Gasteiger partial charge in [-0.15, -0.1) is 10.2 Å². The van der Waals surface area contributed by atoms with E-state index in [1.807, 2.05) is 48.5 Å². The zero-order valence-corrected chi connectivity index (χ0v) is 18.3. The second kappa shape index (κ2) is 8.12. The van der Waals surface area contributed by atoms with E-state index in [-0.39, 0.29) is 0 Å². The fourth-order valence-electron chi connectivity index (χ4n) is 3.48. The maximum Gasteiger partial charge on any atom is 0.175 e. The van der Waals surface area contributed by atoms with Crippen LogP contribution in [0.3, 0.4) is 0 Å². The molecule has 0 atom stereocenters. The Bertz CT molecular complexity index is 1220. The second-order valence-corrected chi connectivity index (χ2v) is 8.64. The molecule has 8 heteroatoms. The number of para-hydroxylation sites is 4. The molecule has 3 heterocycles. The van der Waals surface area contributed by atoms with Crippen molar-refractivity contribution in [1.29, 1.82) is 0 Å². The molecular weight excluding hydrogens is 412 g/mol. The van der Waals surface area contributed by atoms with Crippen molar-refractivity contribution in [2.45, 2.75) is 47.3 Å². The molecule has 0 amide bonds. The number of nitrogens with zero attached hydrogens (tertiary/aromatic N) is 6. The van der Waals surface area contributed by atoms with Crippen molar-refractivity contribution >= 4 is 45.6 Å². The summed E-state index contributed by atoms with van der Waals surface area (Å²) in [5.74, 6) is 0. The molecule has 2 aromatic carbocycles. The highest BCUT2D eigenvalue weighted by molar-refractivity contribution is 7.99. The van der Waals surface area contributed by atoms with Gasteiger partial charge >= 0.3 is 0 Å². The van der Waals surface area contributed by atoms with E-state index in [0.717, 1.165) is 55.5 Å². The quantitative estimate of drug-likeness (QED) is 0.352. The molecule has 0 aliphatic carbocycles. The van der Waals surface area contributed by atoms with Gasteiger partial charge in [0.1, 0.15) is 10.1 Å². The maximum absolute atomic E-state index is 4.76. The lowest BCUT2D eigenvalue weighted by Gasteiger charge is -2.06. The summed E-state index contributed by atoms with van der Waals surface area (Å²) in [6.45, 7) is 5.97. The Morgan fingerprint density at radius 3 is 1.47 bits per heavy atom. The molecule has 5 aromatic rings. The van der Waals surface area contributed by atoms with Crippen molar-refractivity contribution in [2.75, 3.05) is 0 Å². The van der Waals surface area contributed by atoms with Crippen LogP contribution in [0.1, 0.15) is 13.8 Å². The highest BCUT2D eigenvalue weighted by Gasteiger charge is 2.14. The Labute approximate surface area is 182 Å². The van der Waals surface area contributed by atoms with E-state index in [1.54, 1.807) is 0 Å². The monoisotopic (exact) mass is 432 g/mol. The molecule has 0 bridgehead atoms. The first-order valence-corrected chi connectivity index (χ1v) is 11.5. The minimum absolute atomic E-state index is 0.827. The first kappa shape index (κ1) is 19.1. The van der Waals surface area contributed by atoms with Crippen LogP contribution in [-0.2, 0) is 13.1 Å². The van der Waals surface area contributed by atoms with Crippen molar-refractivity contribution in [3.8, 4) is 0 Å². The summed E-state index contributed by atoms with van der Waals surface area (Å²) in [4.78, 5) is 9.51. The van der Waals surface area contributed by atoms with Gasteiger partial charge in [-0.3, -0.25) is 0 Å².